The van der Waals surface area contributed by atoms with E-state index in [1.54, 1.807) is 6.26 Å². The second-order valence-electron chi connectivity index (χ2n) is 4.41. The van der Waals surface area contributed by atoms with E-state index in [2.05, 4.69) is 28.2 Å². The predicted molar refractivity (Wildman–Crippen MR) is 79.4 cm³/mol. The highest BCUT2D eigenvalue weighted by molar-refractivity contribution is 9.10. The molecule has 18 heavy (non-hydrogen) atoms. The van der Waals surface area contributed by atoms with Gasteiger partial charge in [0.15, 0.2) is 0 Å². The zero-order valence-electron chi connectivity index (χ0n) is 10.3. The van der Waals surface area contributed by atoms with Gasteiger partial charge in [0, 0.05) is 22.0 Å². The molecule has 0 saturated heterocycles. The van der Waals surface area contributed by atoms with Crippen LogP contribution in [0.15, 0.2) is 39.4 Å². The number of aryl methyl sites for hydroxylation is 1. The first-order valence-electron chi connectivity index (χ1n) is 5.81. The van der Waals surface area contributed by atoms with Gasteiger partial charge >= 0.3 is 0 Å². The van der Waals surface area contributed by atoms with Crippen molar-refractivity contribution < 1.29 is 4.42 Å². The van der Waals surface area contributed by atoms with Crippen molar-refractivity contribution in [3.8, 4) is 0 Å². The van der Waals surface area contributed by atoms with Crippen LogP contribution in [-0.2, 0) is 6.42 Å². The van der Waals surface area contributed by atoms with Crippen LogP contribution in [0.5, 0.6) is 0 Å². The minimum atomic E-state index is 0.270. The van der Waals surface area contributed by atoms with Crippen molar-refractivity contribution >= 4 is 33.2 Å². The highest BCUT2D eigenvalue weighted by atomic mass is 79.9. The number of hydrogen-bond acceptors (Lipinski definition) is 2. The minimum absolute atomic E-state index is 0.270. The lowest BCUT2D eigenvalue weighted by atomic mass is 10.1. The van der Waals surface area contributed by atoms with Gasteiger partial charge in [-0.15, -0.1) is 0 Å². The van der Waals surface area contributed by atoms with Crippen LogP contribution in [0.4, 0.5) is 5.69 Å². The molecular weight excluding hydrogens is 314 g/mol. The summed E-state index contributed by atoms with van der Waals surface area (Å²) in [7, 11) is 0. The molecule has 1 atom stereocenters. The first kappa shape index (κ1) is 13.5. The van der Waals surface area contributed by atoms with E-state index in [0.717, 1.165) is 32.9 Å². The number of hydrogen-bond donors (Lipinski definition) is 1. The number of furan rings is 1. The molecule has 0 radical (unpaired) electrons. The van der Waals surface area contributed by atoms with Gasteiger partial charge < -0.3 is 9.73 Å². The Labute approximate surface area is 120 Å². The largest absolute Gasteiger partial charge is 0.469 e. The lowest BCUT2D eigenvalue weighted by molar-refractivity contribution is 0.498. The molecule has 1 heterocycles. The molecule has 1 N–H and O–H groups in total. The zero-order valence-corrected chi connectivity index (χ0v) is 12.7. The molecule has 96 valence electrons. The van der Waals surface area contributed by atoms with Crippen molar-refractivity contribution in [3.63, 3.8) is 0 Å². The number of anilines is 1. The lowest BCUT2D eigenvalue weighted by Gasteiger charge is -2.16. The highest BCUT2D eigenvalue weighted by Crippen LogP contribution is 2.29. The van der Waals surface area contributed by atoms with Crippen molar-refractivity contribution in [2.24, 2.45) is 0 Å². The summed E-state index contributed by atoms with van der Waals surface area (Å²) in [5, 5.41) is 4.19. The van der Waals surface area contributed by atoms with Crippen LogP contribution in [0.25, 0.3) is 0 Å². The molecule has 0 amide bonds. The first-order chi connectivity index (χ1) is 8.56. The summed E-state index contributed by atoms with van der Waals surface area (Å²) in [6.45, 7) is 4.10. The highest BCUT2D eigenvalue weighted by Gasteiger charge is 2.09. The van der Waals surface area contributed by atoms with Crippen LogP contribution in [0.3, 0.4) is 0 Å². The van der Waals surface area contributed by atoms with E-state index in [1.807, 2.05) is 31.2 Å². The first-order valence-corrected chi connectivity index (χ1v) is 6.98. The summed E-state index contributed by atoms with van der Waals surface area (Å²) >= 11 is 9.68. The Morgan fingerprint density at radius 2 is 2.22 bits per heavy atom. The van der Waals surface area contributed by atoms with Crippen LogP contribution in [0.2, 0.25) is 5.02 Å². The Balaban J connectivity index is 2.07. The monoisotopic (exact) mass is 327 g/mol. The molecule has 1 aromatic carbocycles. The third-order valence-corrected chi connectivity index (χ3v) is 3.80. The number of rotatable bonds is 4. The SMILES string of the molecule is Cc1cc(Br)c(NC(C)Cc2ccco2)cc1Cl. The molecule has 0 saturated carbocycles. The molecule has 1 unspecified atom stereocenters. The molecule has 4 heteroatoms. The summed E-state index contributed by atoms with van der Waals surface area (Å²) in [5.74, 6) is 0.976. The maximum absolute atomic E-state index is 6.13. The van der Waals surface area contributed by atoms with Crippen LogP contribution in [0, 0.1) is 6.92 Å². The smallest absolute Gasteiger partial charge is 0.105 e. The van der Waals surface area contributed by atoms with Crippen LogP contribution in [-0.4, -0.2) is 6.04 Å². The molecular formula is C14H15BrClNO. The van der Waals surface area contributed by atoms with Crippen LogP contribution >= 0.6 is 27.5 Å². The molecule has 0 aliphatic heterocycles. The van der Waals surface area contributed by atoms with Gasteiger partial charge in [-0.3, -0.25) is 0 Å². The van der Waals surface area contributed by atoms with E-state index >= 15 is 0 Å². The van der Waals surface area contributed by atoms with E-state index in [4.69, 9.17) is 16.0 Å². The molecule has 2 rings (SSSR count). The standard InChI is InChI=1S/C14H15BrClNO/c1-9-6-12(15)14(8-13(9)16)17-10(2)7-11-4-3-5-18-11/h3-6,8,10,17H,7H2,1-2H3. The average Bonchev–Trinajstić information content (AvgIpc) is 2.78. The molecule has 0 fully saturated rings. The Kier molecular flexibility index (Phi) is 4.36. The van der Waals surface area contributed by atoms with Gasteiger partial charge in [-0.25, -0.2) is 0 Å². The fourth-order valence-electron chi connectivity index (χ4n) is 1.80. The second-order valence-corrected chi connectivity index (χ2v) is 5.67. The third-order valence-electron chi connectivity index (χ3n) is 2.74. The van der Waals surface area contributed by atoms with Gasteiger partial charge in [0.2, 0.25) is 0 Å². The van der Waals surface area contributed by atoms with Crippen molar-refractivity contribution in [1.29, 1.82) is 0 Å². The van der Waals surface area contributed by atoms with Crippen LogP contribution < -0.4 is 5.32 Å². The van der Waals surface area contributed by atoms with Gasteiger partial charge in [0.1, 0.15) is 5.76 Å². The van der Waals surface area contributed by atoms with Crippen molar-refractivity contribution in [2.45, 2.75) is 26.3 Å². The normalized spacial score (nSPS) is 12.4. The van der Waals surface area contributed by atoms with E-state index in [1.165, 1.54) is 0 Å². The lowest BCUT2D eigenvalue weighted by Crippen LogP contribution is -2.18. The van der Waals surface area contributed by atoms with E-state index in [0.29, 0.717) is 0 Å². The Bertz CT molecular complexity index is 525. The van der Waals surface area contributed by atoms with Gasteiger partial charge in [-0.05, 0) is 59.6 Å². The zero-order chi connectivity index (χ0) is 13.1. The Hall–Kier alpha value is -0.930. The minimum Gasteiger partial charge on any atom is -0.469 e. The number of benzene rings is 1. The fraction of sp³-hybridized carbons (Fsp3) is 0.286. The van der Waals surface area contributed by atoms with Gasteiger partial charge in [0.05, 0.1) is 12.0 Å². The summed E-state index contributed by atoms with van der Waals surface area (Å²) in [5.41, 5.74) is 2.07. The summed E-state index contributed by atoms with van der Waals surface area (Å²) in [6, 6.07) is 8.12. The van der Waals surface area contributed by atoms with Crippen molar-refractivity contribution in [2.75, 3.05) is 5.32 Å². The fourth-order valence-corrected chi connectivity index (χ4v) is 2.54. The van der Waals surface area contributed by atoms with Crippen molar-refractivity contribution in [3.05, 3.63) is 51.3 Å². The number of halogens is 2. The second kappa shape index (κ2) is 5.81. The average molecular weight is 329 g/mol. The van der Waals surface area contributed by atoms with E-state index in [-0.39, 0.29) is 6.04 Å². The molecule has 1 aromatic heterocycles. The molecule has 2 nitrogen and oxygen atoms in total. The van der Waals surface area contributed by atoms with Gasteiger partial charge in [-0.2, -0.15) is 0 Å². The quantitative estimate of drug-likeness (QED) is 0.850. The summed E-state index contributed by atoms with van der Waals surface area (Å²) < 4.78 is 6.36. The maximum Gasteiger partial charge on any atom is 0.105 e. The maximum atomic E-state index is 6.13. The summed E-state index contributed by atoms with van der Waals surface area (Å²) in [6.07, 6.45) is 2.53. The Morgan fingerprint density at radius 3 is 2.89 bits per heavy atom. The van der Waals surface area contributed by atoms with Gasteiger partial charge in [-0.1, -0.05) is 11.6 Å². The molecule has 0 aliphatic rings. The molecule has 0 aliphatic carbocycles. The summed E-state index contributed by atoms with van der Waals surface area (Å²) in [4.78, 5) is 0. The van der Waals surface area contributed by atoms with Crippen LogP contribution in [0.1, 0.15) is 18.2 Å². The third kappa shape index (κ3) is 3.30. The van der Waals surface area contributed by atoms with Crippen molar-refractivity contribution in [1.82, 2.24) is 0 Å². The Morgan fingerprint density at radius 1 is 1.44 bits per heavy atom. The predicted octanol–water partition coefficient (Wildman–Crippen LogP) is 5.05. The van der Waals surface area contributed by atoms with E-state index < -0.39 is 0 Å². The number of nitrogens with one attached hydrogen (secondary N) is 1. The molecule has 0 spiro atoms. The van der Waals surface area contributed by atoms with Gasteiger partial charge in [0.25, 0.3) is 0 Å². The molecule has 0 bridgehead atoms. The molecule has 2 aromatic rings. The topological polar surface area (TPSA) is 25.2 Å². The van der Waals surface area contributed by atoms with E-state index in [9.17, 15) is 0 Å².